The first-order valence-corrected chi connectivity index (χ1v) is 4.92. The molecule has 1 radical (unpaired) electrons. The quantitative estimate of drug-likeness (QED) is 0.721. The molecule has 1 aliphatic heterocycles. The van der Waals surface area contributed by atoms with E-state index in [0.29, 0.717) is 26.3 Å². The van der Waals surface area contributed by atoms with Gasteiger partial charge in [-0.3, -0.25) is 4.79 Å². The Labute approximate surface area is 91.6 Å². The van der Waals surface area contributed by atoms with E-state index in [9.17, 15) is 13.6 Å². The summed E-state index contributed by atoms with van der Waals surface area (Å²) in [5.74, 6) is -2.00. The van der Waals surface area contributed by atoms with E-state index >= 15 is 0 Å². The van der Waals surface area contributed by atoms with Gasteiger partial charge in [-0.1, -0.05) is 0 Å². The molecular weight excluding hydrogens is 216 g/mol. The molecule has 0 unspecified atom stereocenters. The molecule has 0 N–H and O–H groups in total. The predicted octanol–water partition coefficient (Wildman–Crippen LogP) is 1.24. The molecule has 1 aromatic carbocycles. The number of carbonyl (C=O) groups excluding carboxylic acids is 1. The van der Waals surface area contributed by atoms with Crippen LogP contribution in [0, 0.1) is 17.7 Å². The van der Waals surface area contributed by atoms with Gasteiger partial charge in [0, 0.05) is 19.2 Å². The van der Waals surface area contributed by atoms with Crippen LogP contribution in [0.25, 0.3) is 0 Å². The van der Waals surface area contributed by atoms with Crippen molar-refractivity contribution in [3.05, 3.63) is 35.4 Å². The van der Waals surface area contributed by atoms with E-state index in [1.807, 2.05) is 0 Å². The Morgan fingerprint density at radius 3 is 2.75 bits per heavy atom. The van der Waals surface area contributed by atoms with E-state index in [0.717, 1.165) is 12.1 Å². The number of amides is 1. The van der Waals surface area contributed by atoms with Crippen LogP contribution in [0.5, 0.6) is 0 Å². The van der Waals surface area contributed by atoms with Crippen LogP contribution in [-0.2, 0) is 4.74 Å². The van der Waals surface area contributed by atoms with Gasteiger partial charge in [-0.25, -0.2) is 8.78 Å². The third-order valence-electron chi connectivity index (χ3n) is 2.39. The van der Waals surface area contributed by atoms with Gasteiger partial charge in [-0.05, 0) is 12.1 Å². The Morgan fingerprint density at radius 1 is 1.38 bits per heavy atom. The summed E-state index contributed by atoms with van der Waals surface area (Å²) in [7, 11) is 0. The fourth-order valence-electron chi connectivity index (χ4n) is 1.55. The molecule has 16 heavy (non-hydrogen) atoms. The summed E-state index contributed by atoms with van der Waals surface area (Å²) in [4.78, 5) is 13.3. The molecule has 2 rings (SSSR count). The number of halogens is 2. The van der Waals surface area contributed by atoms with Crippen molar-refractivity contribution in [3.8, 4) is 0 Å². The molecule has 1 aliphatic rings. The summed E-state index contributed by atoms with van der Waals surface area (Å²) in [5.41, 5.74) is -0.252. The third-order valence-corrected chi connectivity index (χ3v) is 2.39. The smallest absolute Gasteiger partial charge is 0.257 e. The summed E-state index contributed by atoms with van der Waals surface area (Å²) in [6, 6.07) is 3.77. The minimum Gasteiger partial charge on any atom is -0.378 e. The molecule has 0 saturated carbocycles. The van der Waals surface area contributed by atoms with Crippen LogP contribution in [0.1, 0.15) is 10.4 Å². The van der Waals surface area contributed by atoms with Crippen molar-refractivity contribution in [2.75, 3.05) is 26.3 Å². The van der Waals surface area contributed by atoms with Crippen molar-refractivity contribution in [3.63, 3.8) is 0 Å². The van der Waals surface area contributed by atoms with E-state index in [-0.39, 0.29) is 5.56 Å². The fraction of sp³-hybridized carbons (Fsp3) is 0.364. The van der Waals surface area contributed by atoms with Crippen LogP contribution < -0.4 is 0 Å². The second kappa shape index (κ2) is 4.57. The molecule has 0 aliphatic carbocycles. The number of hydrogen-bond donors (Lipinski definition) is 0. The molecule has 85 valence electrons. The number of ether oxygens (including phenoxy) is 1. The number of nitrogens with zero attached hydrogens (tertiary/aromatic N) is 1. The Balaban J connectivity index is 2.22. The lowest BCUT2D eigenvalue weighted by atomic mass is 10.1. The van der Waals surface area contributed by atoms with Crippen molar-refractivity contribution < 1.29 is 18.3 Å². The van der Waals surface area contributed by atoms with Crippen LogP contribution in [0.2, 0.25) is 0 Å². The van der Waals surface area contributed by atoms with E-state index in [1.165, 1.54) is 4.90 Å². The van der Waals surface area contributed by atoms with E-state index in [4.69, 9.17) is 4.74 Å². The minimum atomic E-state index is -0.752. The molecule has 0 bridgehead atoms. The number of rotatable bonds is 1. The summed E-state index contributed by atoms with van der Waals surface area (Å²) in [6.07, 6.45) is 0. The number of benzene rings is 1. The van der Waals surface area contributed by atoms with Crippen molar-refractivity contribution in [1.82, 2.24) is 4.90 Å². The summed E-state index contributed by atoms with van der Waals surface area (Å²) >= 11 is 0. The van der Waals surface area contributed by atoms with Gasteiger partial charge in [0.25, 0.3) is 5.91 Å². The van der Waals surface area contributed by atoms with Crippen molar-refractivity contribution in [2.45, 2.75) is 0 Å². The second-order valence-corrected chi connectivity index (χ2v) is 3.45. The summed E-state index contributed by atoms with van der Waals surface area (Å²) in [6.45, 7) is 1.65. The Hall–Kier alpha value is -1.49. The standard InChI is InChI=1S/C11H10F2NO2/c12-8-1-2-10(13)9(7-8)11(15)14-3-5-16-6-4-14/h2,7H,3-6H2. The maximum Gasteiger partial charge on any atom is 0.257 e. The monoisotopic (exact) mass is 226 g/mol. The van der Waals surface area contributed by atoms with Gasteiger partial charge >= 0.3 is 0 Å². The van der Waals surface area contributed by atoms with Crippen LogP contribution in [-0.4, -0.2) is 37.1 Å². The molecule has 5 heteroatoms. The molecule has 1 fully saturated rings. The van der Waals surface area contributed by atoms with Crippen molar-refractivity contribution in [1.29, 1.82) is 0 Å². The van der Waals surface area contributed by atoms with Gasteiger partial charge in [0.05, 0.1) is 18.8 Å². The minimum absolute atomic E-state index is 0.252. The van der Waals surface area contributed by atoms with Crippen LogP contribution >= 0.6 is 0 Å². The molecule has 0 atom stereocenters. The Bertz CT molecular complexity index is 403. The number of hydrogen-bond acceptors (Lipinski definition) is 2. The zero-order valence-electron chi connectivity index (χ0n) is 8.50. The van der Waals surface area contributed by atoms with Gasteiger partial charge in [-0.2, -0.15) is 0 Å². The second-order valence-electron chi connectivity index (χ2n) is 3.45. The fourth-order valence-corrected chi connectivity index (χ4v) is 1.55. The molecular formula is C11H10F2NO2. The Kier molecular flexibility index (Phi) is 3.14. The number of morpholine rings is 1. The van der Waals surface area contributed by atoms with Gasteiger partial charge in [0.1, 0.15) is 11.6 Å². The average molecular weight is 226 g/mol. The highest BCUT2D eigenvalue weighted by Gasteiger charge is 2.21. The molecule has 3 nitrogen and oxygen atoms in total. The molecule has 1 saturated heterocycles. The molecule has 1 aromatic rings. The SMILES string of the molecule is O=C(c1cc(F)[c]cc1F)N1CCOCC1. The van der Waals surface area contributed by atoms with Crippen molar-refractivity contribution >= 4 is 5.91 Å². The third kappa shape index (κ3) is 2.19. The van der Waals surface area contributed by atoms with E-state index < -0.39 is 17.5 Å². The average Bonchev–Trinajstić information content (AvgIpc) is 2.32. The lowest BCUT2D eigenvalue weighted by Crippen LogP contribution is -2.41. The highest BCUT2D eigenvalue weighted by atomic mass is 19.1. The first-order valence-electron chi connectivity index (χ1n) is 4.92. The van der Waals surface area contributed by atoms with Gasteiger partial charge in [-0.15, -0.1) is 0 Å². The Morgan fingerprint density at radius 2 is 2.06 bits per heavy atom. The van der Waals surface area contributed by atoms with Gasteiger partial charge in [0.15, 0.2) is 0 Å². The first-order chi connectivity index (χ1) is 7.68. The lowest BCUT2D eigenvalue weighted by Gasteiger charge is -2.26. The van der Waals surface area contributed by atoms with Gasteiger partial charge < -0.3 is 9.64 Å². The first kappa shape index (κ1) is 11.0. The predicted molar refractivity (Wildman–Crippen MR) is 51.9 cm³/mol. The number of carbonyl (C=O) groups is 1. The summed E-state index contributed by atoms with van der Waals surface area (Å²) in [5, 5.41) is 0. The molecule has 1 amide bonds. The topological polar surface area (TPSA) is 29.5 Å². The zero-order valence-corrected chi connectivity index (χ0v) is 8.50. The zero-order chi connectivity index (χ0) is 11.5. The molecule has 0 spiro atoms. The van der Waals surface area contributed by atoms with Crippen molar-refractivity contribution in [2.24, 2.45) is 0 Å². The molecule has 0 aromatic heterocycles. The highest BCUT2D eigenvalue weighted by Crippen LogP contribution is 2.13. The maximum absolute atomic E-state index is 13.3. The lowest BCUT2D eigenvalue weighted by molar-refractivity contribution is 0.0299. The normalized spacial score (nSPS) is 16.2. The maximum atomic E-state index is 13.3. The van der Waals surface area contributed by atoms with Crippen LogP contribution in [0.4, 0.5) is 8.78 Å². The highest BCUT2D eigenvalue weighted by molar-refractivity contribution is 5.94. The van der Waals surface area contributed by atoms with Crippen LogP contribution in [0.15, 0.2) is 12.1 Å². The van der Waals surface area contributed by atoms with E-state index in [1.54, 1.807) is 0 Å². The van der Waals surface area contributed by atoms with E-state index in [2.05, 4.69) is 6.07 Å². The van der Waals surface area contributed by atoms with Crippen LogP contribution in [0.3, 0.4) is 0 Å². The summed E-state index contributed by atoms with van der Waals surface area (Å²) < 4.78 is 31.2. The van der Waals surface area contributed by atoms with Gasteiger partial charge in [0.2, 0.25) is 0 Å². The molecule has 1 heterocycles. The largest absolute Gasteiger partial charge is 0.378 e.